The second-order valence-corrected chi connectivity index (χ2v) is 8.51. The number of carbonyl (C=O) groups is 2. The second kappa shape index (κ2) is 8.57. The number of hydrogen-bond donors (Lipinski definition) is 1. The van der Waals surface area contributed by atoms with Gasteiger partial charge in [0.1, 0.15) is 11.5 Å². The van der Waals surface area contributed by atoms with E-state index in [-0.39, 0.29) is 18.1 Å². The molecule has 178 valence electrons. The van der Waals surface area contributed by atoms with E-state index < -0.39 is 23.9 Å². The van der Waals surface area contributed by atoms with Crippen LogP contribution in [0.2, 0.25) is 0 Å². The molecule has 2 heterocycles. The molecule has 1 fully saturated rings. The minimum atomic E-state index is -3.58. The van der Waals surface area contributed by atoms with Gasteiger partial charge in [-0.2, -0.15) is 8.78 Å². The predicted octanol–water partition coefficient (Wildman–Crippen LogP) is 5.25. The average Bonchev–Trinajstić information content (AvgIpc) is 3.39. The van der Waals surface area contributed by atoms with Gasteiger partial charge in [-0.3, -0.25) is 9.59 Å². The van der Waals surface area contributed by atoms with E-state index in [1.54, 1.807) is 60.7 Å². The van der Waals surface area contributed by atoms with Crippen molar-refractivity contribution in [3.63, 3.8) is 0 Å². The number of fused-ring (bicyclic) bond motifs is 1. The zero-order valence-electron chi connectivity index (χ0n) is 18.5. The minimum absolute atomic E-state index is 0.142. The molecule has 1 aromatic heterocycles. The molecule has 0 bridgehead atoms. The van der Waals surface area contributed by atoms with E-state index in [0.29, 0.717) is 40.4 Å². The van der Waals surface area contributed by atoms with Crippen LogP contribution in [-0.4, -0.2) is 28.9 Å². The summed E-state index contributed by atoms with van der Waals surface area (Å²) in [6.45, 7) is 0.519. The monoisotopic (exact) mass is 479 g/mol. The molecule has 2 atom stereocenters. The minimum Gasteiger partial charge on any atom is -0.356 e. The van der Waals surface area contributed by atoms with E-state index in [4.69, 9.17) is 4.52 Å². The number of nitrogens with zero attached hydrogens (tertiary/aromatic N) is 2. The van der Waals surface area contributed by atoms with Crippen LogP contribution in [0.3, 0.4) is 0 Å². The number of anilines is 1. The van der Waals surface area contributed by atoms with Crippen molar-refractivity contribution in [3.05, 3.63) is 84.2 Å². The maximum absolute atomic E-state index is 13.6. The topological polar surface area (TPSA) is 75.4 Å². The Morgan fingerprint density at radius 1 is 1.09 bits per heavy atom. The Kier molecular flexibility index (Phi) is 5.55. The van der Waals surface area contributed by atoms with Crippen LogP contribution in [0.25, 0.3) is 22.2 Å². The molecule has 0 aliphatic carbocycles. The van der Waals surface area contributed by atoms with Crippen LogP contribution in [0.4, 0.5) is 18.9 Å². The molecule has 1 unspecified atom stereocenters. The summed E-state index contributed by atoms with van der Waals surface area (Å²) in [5.74, 6) is -5.72. The maximum Gasteiger partial charge on any atom is 0.321 e. The number of aromatic nitrogens is 1. The first-order valence-corrected chi connectivity index (χ1v) is 10.9. The molecular weight excluding hydrogens is 459 g/mol. The van der Waals surface area contributed by atoms with Crippen LogP contribution < -0.4 is 10.2 Å². The van der Waals surface area contributed by atoms with Gasteiger partial charge in [-0.15, -0.1) is 0 Å². The lowest BCUT2D eigenvalue weighted by Gasteiger charge is -2.29. The van der Waals surface area contributed by atoms with Crippen molar-refractivity contribution in [2.75, 3.05) is 4.90 Å². The third kappa shape index (κ3) is 4.25. The maximum atomic E-state index is 13.6. The molecule has 0 saturated carbocycles. The molecule has 0 spiro atoms. The van der Waals surface area contributed by atoms with Gasteiger partial charge in [-0.25, -0.2) is 4.39 Å². The summed E-state index contributed by atoms with van der Waals surface area (Å²) in [7, 11) is 0. The zero-order chi connectivity index (χ0) is 24.7. The Hall–Kier alpha value is -4.14. The van der Waals surface area contributed by atoms with Crippen molar-refractivity contribution in [2.45, 2.75) is 31.4 Å². The smallest absolute Gasteiger partial charge is 0.321 e. The van der Waals surface area contributed by atoms with Crippen molar-refractivity contribution in [2.24, 2.45) is 0 Å². The van der Waals surface area contributed by atoms with E-state index in [1.165, 1.54) is 17.0 Å². The zero-order valence-corrected chi connectivity index (χ0v) is 18.5. The molecule has 1 aliphatic heterocycles. The SMILES string of the molecule is CC(F)(F)C(=O)NC1CC(=O)N(c2ccc3c(-c4ccc(F)cc4)noc3c2)[C@@H]1c1ccccc1. The average molecular weight is 479 g/mol. The van der Waals surface area contributed by atoms with E-state index in [2.05, 4.69) is 10.5 Å². The van der Waals surface area contributed by atoms with Crippen molar-refractivity contribution in [1.29, 1.82) is 0 Å². The highest BCUT2D eigenvalue weighted by atomic mass is 19.3. The van der Waals surface area contributed by atoms with Crippen LogP contribution in [0.15, 0.2) is 77.3 Å². The third-order valence-corrected chi connectivity index (χ3v) is 6.03. The molecule has 6 nitrogen and oxygen atoms in total. The summed E-state index contributed by atoms with van der Waals surface area (Å²) in [6.07, 6.45) is -0.142. The van der Waals surface area contributed by atoms with Gasteiger partial charge >= 0.3 is 5.92 Å². The highest BCUT2D eigenvalue weighted by Crippen LogP contribution is 2.40. The quantitative estimate of drug-likeness (QED) is 0.424. The first-order valence-electron chi connectivity index (χ1n) is 10.9. The number of alkyl halides is 2. The molecule has 1 N–H and O–H groups in total. The predicted molar refractivity (Wildman–Crippen MR) is 123 cm³/mol. The Balaban J connectivity index is 1.53. The van der Waals surface area contributed by atoms with E-state index in [1.807, 2.05) is 0 Å². The molecule has 4 aromatic rings. The van der Waals surface area contributed by atoms with Crippen LogP contribution in [-0.2, 0) is 9.59 Å². The first-order chi connectivity index (χ1) is 16.7. The van der Waals surface area contributed by atoms with Crippen molar-refractivity contribution in [3.8, 4) is 11.3 Å². The normalized spacial score (nSPS) is 18.3. The number of hydrogen-bond acceptors (Lipinski definition) is 4. The molecule has 5 rings (SSSR count). The van der Waals surface area contributed by atoms with Crippen molar-refractivity contribution >= 4 is 28.5 Å². The molecule has 9 heteroatoms. The van der Waals surface area contributed by atoms with Crippen LogP contribution in [0, 0.1) is 5.82 Å². The lowest BCUT2D eigenvalue weighted by molar-refractivity contribution is -0.143. The summed E-state index contributed by atoms with van der Waals surface area (Å²) < 4.78 is 46.0. The van der Waals surface area contributed by atoms with Crippen molar-refractivity contribution < 1.29 is 27.3 Å². The van der Waals surface area contributed by atoms with Crippen LogP contribution in [0.1, 0.15) is 24.9 Å². The summed E-state index contributed by atoms with van der Waals surface area (Å²) in [5.41, 5.74) is 2.75. The number of nitrogens with one attached hydrogen (secondary N) is 1. The molecule has 0 radical (unpaired) electrons. The number of carbonyl (C=O) groups excluding carboxylic acids is 2. The second-order valence-electron chi connectivity index (χ2n) is 8.51. The Bertz CT molecular complexity index is 1400. The fourth-order valence-corrected chi connectivity index (χ4v) is 4.39. The van der Waals surface area contributed by atoms with E-state index in [0.717, 1.165) is 0 Å². The lowest BCUT2D eigenvalue weighted by atomic mass is 9.99. The van der Waals surface area contributed by atoms with Crippen molar-refractivity contribution in [1.82, 2.24) is 10.5 Å². The molecular formula is C26H20F3N3O3. The van der Waals surface area contributed by atoms with Gasteiger partial charge < -0.3 is 14.7 Å². The molecule has 2 amide bonds. The summed E-state index contributed by atoms with van der Waals surface area (Å²) in [5, 5.41) is 7.11. The third-order valence-electron chi connectivity index (χ3n) is 6.03. The van der Waals surface area contributed by atoms with Gasteiger partial charge in [-0.1, -0.05) is 35.5 Å². The van der Waals surface area contributed by atoms with Gasteiger partial charge in [0, 0.05) is 36.0 Å². The highest BCUT2D eigenvalue weighted by Gasteiger charge is 2.45. The lowest BCUT2D eigenvalue weighted by Crippen LogP contribution is -2.46. The molecule has 35 heavy (non-hydrogen) atoms. The van der Waals surface area contributed by atoms with Gasteiger partial charge in [0.15, 0.2) is 5.58 Å². The summed E-state index contributed by atoms with van der Waals surface area (Å²) in [4.78, 5) is 26.6. The van der Waals surface area contributed by atoms with Gasteiger partial charge in [0.25, 0.3) is 5.91 Å². The van der Waals surface area contributed by atoms with E-state index in [9.17, 15) is 22.8 Å². The van der Waals surface area contributed by atoms with Crippen LogP contribution in [0.5, 0.6) is 0 Å². The Morgan fingerprint density at radius 3 is 2.49 bits per heavy atom. The fraction of sp³-hybridized carbons (Fsp3) is 0.192. The van der Waals surface area contributed by atoms with Gasteiger partial charge in [0.2, 0.25) is 5.91 Å². The summed E-state index contributed by atoms with van der Waals surface area (Å²) >= 11 is 0. The fourth-order valence-electron chi connectivity index (χ4n) is 4.39. The largest absolute Gasteiger partial charge is 0.356 e. The Morgan fingerprint density at radius 2 is 1.80 bits per heavy atom. The number of benzene rings is 3. The molecule has 1 saturated heterocycles. The molecule has 3 aromatic carbocycles. The van der Waals surface area contributed by atoms with Gasteiger partial charge in [0.05, 0.1) is 12.1 Å². The summed E-state index contributed by atoms with van der Waals surface area (Å²) in [6, 6.07) is 18.3. The molecule has 1 aliphatic rings. The Labute approximate surface area is 198 Å². The highest BCUT2D eigenvalue weighted by molar-refractivity contribution is 6.01. The van der Waals surface area contributed by atoms with E-state index >= 15 is 0 Å². The number of rotatable bonds is 5. The van der Waals surface area contributed by atoms with Gasteiger partial charge in [-0.05, 0) is 42.0 Å². The van der Waals surface area contributed by atoms with Crippen LogP contribution >= 0.6 is 0 Å². The standard InChI is InChI=1S/C26H20F3N3O3/c1-26(28,29)25(34)30-20-14-22(33)32(24(20)16-5-3-2-4-6-16)18-11-12-19-21(13-18)35-31-23(19)15-7-9-17(27)10-8-15/h2-13,20,24H,14H2,1H3,(H,30,34)/t20?,24-/m1/s1. The number of amides is 2. The number of halogens is 3. The first kappa shape index (κ1) is 22.6.